The summed E-state index contributed by atoms with van der Waals surface area (Å²) in [6.07, 6.45) is 2.41. The molecule has 1 unspecified atom stereocenters. The third-order valence-electron chi connectivity index (χ3n) is 2.75. The maximum Gasteiger partial charge on any atom is 0.220 e. The fraction of sp³-hybridized carbons (Fsp3) is 0.600. The number of hydrogen-bond acceptors (Lipinski definition) is 4. The van der Waals surface area contributed by atoms with Crippen LogP contribution < -0.4 is 5.73 Å². The van der Waals surface area contributed by atoms with E-state index in [9.17, 15) is 0 Å². The second kappa shape index (κ2) is 3.53. The largest absolute Gasteiger partial charge is 0.368 e. The second-order valence-corrected chi connectivity index (χ2v) is 3.93. The highest BCUT2D eigenvalue weighted by molar-refractivity contribution is 5.24. The van der Waals surface area contributed by atoms with Crippen molar-refractivity contribution in [3.05, 3.63) is 17.5 Å². The topological polar surface area (TPSA) is 55.0 Å². The standard InChI is InChI=1S/C10H16N4/c1-7-6-8(13-10(11)12-7)9-4-3-5-14(9)2/h6,9H,3-5H2,1-2H3,(H2,11,12,13). The Hall–Kier alpha value is -1.16. The van der Waals surface area contributed by atoms with Gasteiger partial charge in [-0.25, -0.2) is 9.97 Å². The van der Waals surface area contributed by atoms with Crippen LogP contribution in [0.5, 0.6) is 0 Å². The predicted molar refractivity (Wildman–Crippen MR) is 55.8 cm³/mol. The molecule has 0 aliphatic carbocycles. The zero-order chi connectivity index (χ0) is 10.1. The number of nitrogens with zero attached hydrogens (tertiary/aromatic N) is 3. The lowest BCUT2D eigenvalue weighted by atomic mass is 10.1. The summed E-state index contributed by atoms with van der Waals surface area (Å²) in [7, 11) is 2.13. The molecule has 4 heteroatoms. The van der Waals surface area contributed by atoms with Gasteiger partial charge in [0.15, 0.2) is 0 Å². The van der Waals surface area contributed by atoms with Crippen molar-refractivity contribution in [2.45, 2.75) is 25.8 Å². The number of nitrogen functional groups attached to an aromatic ring is 1. The van der Waals surface area contributed by atoms with Crippen LogP contribution in [0.1, 0.15) is 30.3 Å². The van der Waals surface area contributed by atoms with Crippen molar-refractivity contribution in [3.63, 3.8) is 0 Å². The van der Waals surface area contributed by atoms with Crippen molar-refractivity contribution in [2.75, 3.05) is 19.3 Å². The molecule has 14 heavy (non-hydrogen) atoms. The van der Waals surface area contributed by atoms with E-state index < -0.39 is 0 Å². The lowest BCUT2D eigenvalue weighted by Gasteiger charge is -2.18. The van der Waals surface area contributed by atoms with E-state index in [1.54, 1.807) is 0 Å². The van der Waals surface area contributed by atoms with Gasteiger partial charge in [-0.05, 0) is 39.4 Å². The number of likely N-dealkylation sites (tertiary alicyclic amines) is 1. The number of nitrogens with two attached hydrogens (primary N) is 1. The molecular weight excluding hydrogens is 176 g/mol. The van der Waals surface area contributed by atoms with E-state index in [0.717, 1.165) is 17.9 Å². The zero-order valence-corrected chi connectivity index (χ0v) is 8.70. The molecule has 2 N–H and O–H groups in total. The molecule has 2 rings (SSSR count). The van der Waals surface area contributed by atoms with Gasteiger partial charge in [-0.3, -0.25) is 4.90 Å². The Balaban J connectivity index is 2.31. The summed E-state index contributed by atoms with van der Waals surface area (Å²) in [6, 6.07) is 2.46. The van der Waals surface area contributed by atoms with E-state index in [4.69, 9.17) is 5.73 Å². The summed E-state index contributed by atoms with van der Waals surface area (Å²) in [5.74, 6) is 0.389. The van der Waals surface area contributed by atoms with Gasteiger partial charge in [0.1, 0.15) is 0 Å². The molecule has 0 aromatic carbocycles. The average molecular weight is 192 g/mol. The third-order valence-corrected chi connectivity index (χ3v) is 2.75. The summed E-state index contributed by atoms with van der Waals surface area (Å²) < 4.78 is 0. The maximum absolute atomic E-state index is 5.63. The van der Waals surface area contributed by atoms with Gasteiger partial charge in [0.05, 0.1) is 11.7 Å². The first-order valence-electron chi connectivity index (χ1n) is 4.98. The number of hydrogen-bond donors (Lipinski definition) is 1. The molecule has 0 spiro atoms. The van der Waals surface area contributed by atoms with Gasteiger partial charge >= 0.3 is 0 Å². The molecule has 0 saturated carbocycles. The van der Waals surface area contributed by atoms with Crippen LogP contribution in [0.25, 0.3) is 0 Å². The van der Waals surface area contributed by atoms with Crippen LogP contribution in [-0.2, 0) is 0 Å². The Kier molecular flexibility index (Phi) is 2.37. The number of rotatable bonds is 1. The van der Waals surface area contributed by atoms with E-state index in [0.29, 0.717) is 12.0 Å². The Labute approximate surface area is 84.2 Å². The lowest BCUT2D eigenvalue weighted by molar-refractivity contribution is 0.312. The summed E-state index contributed by atoms with van der Waals surface area (Å²) in [5, 5.41) is 0. The quantitative estimate of drug-likeness (QED) is 0.724. The van der Waals surface area contributed by atoms with Gasteiger partial charge in [-0.2, -0.15) is 0 Å². The molecule has 1 fully saturated rings. The van der Waals surface area contributed by atoms with Crippen molar-refractivity contribution < 1.29 is 0 Å². The first kappa shape index (κ1) is 9.40. The highest BCUT2D eigenvalue weighted by Crippen LogP contribution is 2.29. The second-order valence-electron chi connectivity index (χ2n) is 3.93. The van der Waals surface area contributed by atoms with Crippen LogP contribution in [0.2, 0.25) is 0 Å². The third kappa shape index (κ3) is 1.70. The first-order chi connectivity index (χ1) is 6.66. The van der Waals surface area contributed by atoms with Crippen molar-refractivity contribution in [1.82, 2.24) is 14.9 Å². The molecule has 1 saturated heterocycles. The summed E-state index contributed by atoms with van der Waals surface area (Å²) in [4.78, 5) is 10.7. The fourth-order valence-electron chi connectivity index (χ4n) is 2.07. The summed E-state index contributed by atoms with van der Waals surface area (Å²) >= 11 is 0. The minimum absolute atomic E-state index is 0.389. The lowest BCUT2D eigenvalue weighted by Crippen LogP contribution is -2.19. The fourth-order valence-corrected chi connectivity index (χ4v) is 2.07. The minimum atomic E-state index is 0.389. The average Bonchev–Trinajstić information content (AvgIpc) is 2.49. The Morgan fingerprint density at radius 3 is 2.86 bits per heavy atom. The van der Waals surface area contributed by atoms with Crippen LogP contribution in [0.3, 0.4) is 0 Å². The van der Waals surface area contributed by atoms with E-state index in [1.807, 2.05) is 13.0 Å². The summed E-state index contributed by atoms with van der Waals surface area (Å²) in [5.41, 5.74) is 7.65. The van der Waals surface area contributed by atoms with Crippen molar-refractivity contribution in [2.24, 2.45) is 0 Å². The molecule has 4 nitrogen and oxygen atoms in total. The van der Waals surface area contributed by atoms with Crippen LogP contribution in [-0.4, -0.2) is 28.5 Å². The molecule has 2 heterocycles. The van der Waals surface area contributed by atoms with Crippen LogP contribution in [0, 0.1) is 6.92 Å². The summed E-state index contributed by atoms with van der Waals surface area (Å²) in [6.45, 7) is 3.10. The van der Waals surface area contributed by atoms with Gasteiger partial charge in [-0.1, -0.05) is 0 Å². The first-order valence-corrected chi connectivity index (χ1v) is 4.98. The van der Waals surface area contributed by atoms with Gasteiger partial charge < -0.3 is 5.73 Å². The SMILES string of the molecule is Cc1cc(C2CCCN2C)nc(N)n1. The Morgan fingerprint density at radius 1 is 1.50 bits per heavy atom. The van der Waals surface area contributed by atoms with Crippen LogP contribution in [0.4, 0.5) is 5.95 Å². The van der Waals surface area contributed by atoms with E-state index in [-0.39, 0.29) is 0 Å². The maximum atomic E-state index is 5.63. The predicted octanol–water partition coefficient (Wildman–Crippen LogP) is 1.13. The monoisotopic (exact) mass is 192 g/mol. The normalized spacial score (nSPS) is 22.9. The molecule has 0 radical (unpaired) electrons. The van der Waals surface area contributed by atoms with Gasteiger partial charge in [0, 0.05) is 5.69 Å². The van der Waals surface area contributed by atoms with Crippen LogP contribution in [0.15, 0.2) is 6.07 Å². The van der Waals surface area contributed by atoms with Crippen molar-refractivity contribution in [3.8, 4) is 0 Å². The zero-order valence-electron chi connectivity index (χ0n) is 8.70. The molecule has 1 aromatic heterocycles. The Morgan fingerprint density at radius 2 is 2.29 bits per heavy atom. The molecule has 0 bridgehead atoms. The van der Waals surface area contributed by atoms with E-state index in [1.165, 1.54) is 12.8 Å². The molecule has 1 atom stereocenters. The van der Waals surface area contributed by atoms with Crippen molar-refractivity contribution in [1.29, 1.82) is 0 Å². The number of aromatic nitrogens is 2. The number of anilines is 1. The van der Waals surface area contributed by atoms with Gasteiger partial charge in [0.25, 0.3) is 0 Å². The molecule has 76 valence electrons. The molecule has 1 aliphatic rings. The van der Waals surface area contributed by atoms with Gasteiger partial charge in [-0.15, -0.1) is 0 Å². The molecule has 0 amide bonds. The van der Waals surface area contributed by atoms with Crippen molar-refractivity contribution >= 4 is 5.95 Å². The molecule has 1 aliphatic heterocycles. The highest BCUT2D eigenvalue weighted by atomic mass is 15.2. The van der Waals surface area contributed by atoms with Gasteiger partial charge in [0.2, 0.25) is 5.95 Å². The minimum Gasteiger partial charge on any atom is -0.368 e. The van der Waals surface area contributed by atoms with E-state index in [2.05, 4.69) is 21.9 Å². The number of aryl methyl sites for hydroxylation is 1. The Bertz CT molecular complexity index is 317. The van der Waals surface area contributed by atoms with Crippen LogP contribution >= 0.6 is 0 Å². The smallest absolute Gasteiger partial charge is 0.220 e. The molecule has 1 aromatic rings. The molecular formula is C10H16N4. The highest BCUT2D eigenvalue weighted by Gasteiger charge is 2.24. The van der Waals surface area contributed by atoms with E-state index >= 15 is 0 Å².